The SMILES string of the molecule is CCC1CCC(Cc2cc(C)cc(C)c2)(C(=O)O)CC1. The molecule has 2 nitrogen and oxygen atoms in total. The van der Waals surface area contributed by atoms with Gasteiger partial charge in [0.2, 0.25) is 0 Å². The number of aliphatic carboxylic acids is 1. The van der Waals surface area contributed by atoms with Gasteiger partial charge in [0.05, 0.1) is 5.41 Å². The molecular formula is C18H26O2. The lowest BCUT2D eigenvalue weighted by Gasteiger charge is -2.37. The topological polar surface area (TPSA) is 37.3 Å². The van der Waals surface area contributed by atoms with Gasteiger partial charge in [-0.3, -0.25) is 4.79 Å². The Hall–Kier alpha value is -1.31. The van der Waals surface area contributed by atoms with Gasteiger partial charge in [0.1, 0.15) is 0 Å². The molecule has 0 atom stereocenters. The van der Waals surface area contributed by atoms with Crippen LogP contribution in [0.5, 0.6) is 0 Å². The van der Waals surface area contributed by atoms with Crippen molar-refractivity contribution in [3.05, 3.63) is 34.9 Å². The van der Waals surface area contributed by atoms with E-state index in [0.717, 1.165) is 31.6 Å². The maximum absolute atomic E-state index is 11.8. The molecule has 1 N–H and O–H groups in total. The summed E-state index contributed by atoms with van der Waals surface area (Å²) in [5.74, 6) is 0.118. The van der Waals surface area contributed by atoms with Gasteiger partial charge >= 0.3 is 5.97 Å². The van der Waals surface area contributed by atoms with Gasteiger partial charge < -0.3 is 5.11 Å². The molecule has 1 aliphatic rings. The second kappa shape index (κ2) is 5.99. The van der Waals surface area contributed by atoms with Crippen LogP contribution in [-0.4, -0.2) is 11.1 Å². The maximum Gasteiger partial charge on any atom is 0.309 e. The molecule has 1 fully saturated rings. The Morgan fingerprint density at radius 1 is 1.20 bits per heavy atom. The summed E-state index contributed by atoms with van der Waals surface area (Å²) in [5.41, 5.74) is 3.09. The molecule has 2 heteroatoms. The second-order valence-electron chi connectivity index (χ2n) is 6.61. The van der Waals surface area contributed by atoms with Gasteiger partial charge in [-0.2, -0.15) is 0 Å². The van der Waals surface area contributed by atoms with Crippen LogP contribution < -0.4 is 0 Å². The molecule has 0 unspecified atom stereocenters. The Morgan fingerprint density at radius 3 is 2.20 bits per heavy atom. The van der Waals surface area contributed by atoms with Crippen molar-refractivity contribution in [1.82, 2.24) is 0 Å². The summed E-state index contributed by atoms with van der Waals surface area (Å²) in [6.45, 7) is 6.37. The van der Waals surface area contributed by atoms with Crippen molar-refractivity contribution in [2.45, 2.75) is 59.3 Å². The van der Waals surface area contributed by atoms with E-state index in [0.29, 0.717) is 6.42 Å². The highest BCUT2D eigenvalue weighted by atomic mass is 16.4. The molecule has 110 valence electrons. The van der Waals surface area contributed by atoms with E-state index in [1.165, 1.54) is 23.1 Å². The summed E-state index contributed by atoms with van der Waals surface area (Å²) >= 11 is 0. The average molecular weight is 274 g/mol. The van der Waals surface area contributed by atoms with Crippen molar-refractivity contribution in [2.24, 2.45) is 11.3 Å². The first-order valence-corrected chi connectivity index (χ1v) is 7.76. The van der Waals surface area contributed by atoms with E-state index in [9.17, 15) is 9.90 Å². The van der Waals surface area contributed by atoms with Crippen LogP contribution in [-0.2, 0) is 11.2 Å². The van der Waals surface area contributed by atoms with Crippen LogP contribution in [0.1, 0.15) is 55.7 Å². The second-order valence-corrected chi connectivity index (χ2v) is 6.61. The van der Waals surface area contributed by atoms with Crippen LogP contribution in [0.4, 0.5) is 0 Å². The van der Waals surface area contributed by atoms with Crippen LogP contribution in [0.2, 0.25) is 0 Å². The van der Waals surface area contributed by atoms with Crippen molar-refractivity contribution < 1.29 is 9.90 Å². The van der Waals surface area contributed by atoms with Crippen molar-refractivity contribution in [3.63, 3.8) is 0 Å². The lowest BCUT2D eigenvalue weighted by Crippen LogP contribution is -2.37. The highest BCUT2D eigenvalue weighted by Crippen LogP contribution is 2.42. The average Bonchev–Trinajstić information content (AvgIpc) is 2.38. The normalized spacial score (nSPS) is 26.4. The first-order chi connectivity index (χ1) is 9.45. The van der Waals surface area contributed by atoms with Gasteiger partial charge in [-0.15, -0.1) is 0 Å². The molecule has 1 aliphatic carbocycles. The van der Waals surface area contributed by atoms with Gasteiger partial charge in [-0.05, 0) is 57.4 Å². The quantitative estimate of drug-likeness (QED) is 0.876. The molecule has 0 bridgehead atoms. The molecule has 0 amide bonds. The largest absolute Gasteiger partial charge is 0.481 e. The molecule has 1 aromatic rings. The van der Waals surface area contributed by atoms with E-state index >= 15 is 0 Å². The fraction of sp³-hybridized carbons (Fsp3) is 0.611. The van der Waals surface area contributed by atoms with Gasteiger partial charge in [0.25, 0.3) is 0 Å². The van der Waals surface area contributed by atoms with Crippen LogP contribution in [0.3, 0.4) is 0 Å². The summed E-state index contributed by atoms with van der Waals surface area (Å²) in [7, 11) is 0. The maximum atomic E-state index is 11.8. The van der Waals surface area contributed by atoms with Crippen molar-refractivity contribution in [1.29, 1.82) is 0 Å². The third-order valence-corrected chi connectivity index (χ3v) is 4.92. The summed E-state index contributed by atoms with van der Waals surface area (Å²) in [4.78, 5) is 11.8. The number of carboxylic acid groups (broad SMARTS) is 1. The summed E-state index contributed by atoms with van der Waals surface area (Å²) in [6.07, 6.45) is 5.64. The molecule has 0 aromatic heterocycles. The lowest BCUT2D eigenvalue weighted by atomic mass is 9.67. The van der Waals surface area contributed by atoms with E-state index < -0.39 is 11.4 Å². The number of carboxylic acids is 1. The molecule has 20 heavy (non-hydrogen) atoms. The zero-order chi connectivity index (χ0) is 14.8. The Bertz CT molecular complexity index is 462. The van der Waals surface area contributed by atoms with E-state index in [1.807, 2.05) is 0 Å². The fourth-order valence-corrected chi connectivity index (χ4v) is 3.67. The third kappa shape index (κ3) is 3.23. The summed E-state index contributed by atoms with van der Waals surface area (Å²) < 4.78 is 0. The van der Waals surface area contributed by atoms with Gasteiger partial charge in [-0.1, -0.05) is 42.7 Å². The number of carbonyl (C=O) groups is 1. The molecule has 0 heterocycles. The Balaban J connectivity index is 2.20. The number of hydrogen-bond acceptors (Lipinski definition) is 1. The Labute approximate surface area is 122 Å². The lowest BCUT2D eigenvalue weighted by molar-refractivity contribution is -0.151. The van der Waals surface area contributed by atoms with Crippen molar-refractivity contribution >= 4 is 5.97 Å². The highest BCUT2D eigenvalue weighted by Gasteiger charge is 2.41. The minimum atomic E-state index is -0.605. The number of benzene rings is 1. The van der Waals surface area contributed by atoms with E-state index in [2.05, 4.69) is 39.0 Å². The minimum absolute atomic E-state index is 0.536. The first-order valence-electron chi connectivity index (χ1n) is 7.76. The predicted molar refractivity (Wildman–Crippen MR) is 81.9 cm³/mol. The van der Waals surface area contributed by atoms with Gasteiger partial charge in [0.15, 0.2) is 0 Å². The van der Waals surface area contributed by atoms with Gasteiger partial charge in [0, 0.05) is 0 Å². The monoisotopic (exact) mass is 274 g/mol. The predicted octanol–water partition coefficient (Wildman–Crippen LogP) is 4.52. The van der Waals surface area contributed by atoms with Crippen LogP contribution >= 0.6 is 0 Å². The molecule has 1 saturated carbocycles. The number of rotatable bonds is 4. The van der Waals surface area contributed by atoms with E-state index in [-0.39, 0.29) is 0 Å². The molecule has 0 aliphatic heterocycles. The van der Waals surface area contributed by atoms with Crippen molar-refractivity contribution in [2.75, 3.05) is 0 Å². The number of hydrogen-bond donors (Lipinski definition) is 1. The molecule has 2 rings (SSSR count). The molecular weight excluding hydrogens is 248 g/mol. The summed E-state index contributed by atoms with van der Waals surface area (Å²) in [5, 5.41) is 9.75. The standard InChI is InChI=1S/C18H26O2/c1-4-15-5-7-18(8-6-15,17(19)20)12-16-10-13(2)9-14(3)11-16/h9-11,15H,4-8,12H2,1-3H3,(H,19,20). The fourth-order valence-electron chi connectivity index (χ4n) is 3.67. The Morgan fingerprint density at radius 2 is 1.75 bits per heavy atom. The summed E-state index contributed by atoms with van der Waals surface area (Å²) in [6, 6.07) is 6.43. The van der Waals surface area contributed by atoms with E-state index in [1.54, 1.807) is 0 Å². The minimum Gasteiger partial charge on any atom is -0.481 e. The third-order valence-electron chi connectivity index (χ3n) is 4.92. The molecule has 0 radical (unpaired) electrons. The van der Waals surface area contributed by atoms with Crippen LogP contribution in [0.15, 0.2) is 18.2 Å². The van der Waals surface area contributed by atoms with Crippen molar-refractivity contribution in [3.8, 4) is 0 Å². The Kier molecular flexibility index (Phi) is 4.52. The smallest absolute Gasteiger partial charge is 0.309 e. The first kappa shape index (κ1) is 15.1. The zero-order valence-corrected chi connectivity index (χ0v) is 12.9. The van der Waals surface area contributed by atoms with Crippen LogP contribution in [0, 0.1) is 25.2 Å². The van der Waals surface area contributed by atoms with E-state index in [4.69, 9.17) is 0 Å². The zero-order valence-electron chi connectivity index (χ0n) is 12.9. The van der Waals surface area contributed by atoms with Gasteiger partial charge in [-0.25, -0.2) is 0 Å². The molecule has 0 saturated heterocycles. The number of aryl methyl sites for hydroxylation is 2. The van der Waals surface area contributed by atoms with Crippen LogP contribution in [0.25, 0.3) is 0 Å². The highest BCUT2D eigenvalue weighted by molar-refractivity contribution is 5.75. The molecule has 0 spiro atoms. The molecule has 1 aromatic carbocycles.